The van der Waals surface area contributed by atoms with Gasteiger partial charge in [0, 0.05) is 12.0 Å². The third-order valence-electron chi connectivity index (χ3n) is 5.01. The summed E-state index contributed by atoms with van der Waals surface area (Å²) in [4.78, 5) is 12.6. The van der Waals surface area contributed by atoms with Crippen LogP contribution in [-0.2, 0) is 11.2 Å². The average molecular weight is 342 g/mol. The maximum atomic E-state index is 12.6. The van der Waals surface area contributed by atoms with Gasteiger partial charge in [0.05, 0.1) is 6.07 Å². The second kappa shape index (κ2) is 6.59. The zero-order valence-electron chi connectivity index (χ0n) is 15.2. The first-order valence-corrected chi connectivity index (χ1v) is 9.05. The first kappa shape index (κ1) is 17.6. The predicted molar refractivity (Wildman–Crippen MR) is 94.5 cm³/mol. The maximum absolute atomic E-state index is 12.6. The lowest BCUT2D eigenvalue weighted by atomic mass is 9.83. The molecule has 1 N–H and O–H groups in total. The highest BCUT2D eigenvalue weighted by Crippen LogP contribution is 2.42. The van der Waals surface area contributed by atoms with Crippen LogP contribution in [0.2, 0.25) is 0 Å². The van der Waals surface area contributed by atoms with Crippen LogP contribution in [0.4, 0.5) is 0 Å². The Morgan fingerprint density at radius 1 is 1.32 bits per heavy atom. The number of fused-ring (bicyclic) bond motifs is 1. The van der Waals surface area contributed by atoms with Crippen molar-refractivity contribution >= 4 is 5.91 Å². The van der Waals surface area contributed by atoms with Gasteiger partial charge in [0.2, 0.25) is 0 Å². The van der Waals surface area contributed by atoms with Crippen LogP contribution in [0.3, 0.4) is 0 Å². The molecule has 0 aromatic heterocycles. The molecule has 1 fully saturated rings. The molecule has 1 atom stereocenters. The second-order valence-electron chi connectivity index (χ2n) is 7.79. The summed E-state index contributed by atoms with van der Waals surface area (Å²) in [7, 11) is 0. The average Bonchev–Trinajstić information content (AvgIpc) is 2.90. The summed E-state index contributed by atoms with van der Waals surface area (Å²) in [6.45, 7) is 5.78. The molecule has 1 aliphatic heterocycles. The highest BCUT2D eigenvalue weighted by Gasteiger charge is 2.36. The molecule has 25 heavy (non-hydrogen) atoms. The Hall–Kier alpha value is -2.22. The van der Waals surface area contributed by atoms with Crippen LogP contribution in [0, 0.1) is 11.3 Å². The molecule has 5 nitrogen and oxygen atoms in total. The molecule has 3 rings (SSSR count). The summed E-state index contributed by atoms with van der Waals surface area (Å²) in [6, 6.07) is 8.07. The zero-order chi connectivity index (χ0) is 18.1. The van der Waals surface area contributed by atoms with E-state index in [2.05, 4.69) is 11.4 Å². The summed E-state index contributed by atoms with van der Waals surface area (Å²) in [6.07, 6.45) is 4.61. The molecule has 2 aliphatic rings. The molecule has 0 unspecified atom stereocenters. The molecule has 1 aromatic rings. The lowest BCUT2D eigenvalue weighted by Gasteiger charge is -2.32. The SMILES string of the molecule is C[C@H](Oc1cccc2c1OC(C)(C)C2)C(=O)NC1(C#N)CCCCC1. The molecule has 1 heterocycles. The van der Waals surface area contributed by atoms with E-state index in [-0.39, 0.29) is 11.5 Å². The minimum Gasteiger partial charge on any atom is -0.483 e. The Balaban J connectivity index is 1.69. The van der Waals surface area contributed by atoms with E-state index in [1.165, 1.54) is 0 Å². The number of nitrogens with zero attached hydrogens (tertiary/aromatic N) is 1. The Kier molecular flexibility index (Phi) is 4.64. The van der Waals surface area contributed by atoms with E-state index < -0.39 is 11.6 Å². The summed E-state index contributed by atoms with van der Waals surface area (Å²) < 4.78 is 11.9. The number of ether oxygens (including phenoxy) is 2. The smallest absolute Gasteiger partial charge is 0.262 e. The molecule has 0 spiro atoms. The highest BCUT2D eigenvalue weighted by atomic mass is 16.5. The Labute approximate surface area is 149 Å². The van der Waals surface area contributed by atoms with Crippen molar-refractivity contribution in [3.8, 4) is 17.6 Å². The van der Waals surface area contributed by atoms with Crippen LogP contribution in [0.25, 0.3) is 0 Å². The molecular weight excluding hydrogens is 316 g/mol. The summed E-state index contributed by atoms with van der Waals surface area (Å²) >= 11 is 0. The Morgan fingerprint density at radius 3 is 2.72 bits per heavy atom. The fraction of sp³-hybridized carbons (Fsp3) is 0.600. The number of carbonyl (C=O) groups is 1. The number of nitrogens with one attached hydrogen (secondary N) is 1. The first-order chi connectivity index (χ1) is 11.8. The van der Waals surface area contributed by atoms with Crippen molar-refractivity contribution in [2.24, 2.45) is 0 Å². The van der Waals surface area contributed by atoms with Gasteiger partial charge in [-0.2, -0.15) is 5.26 Å². The maximum Gasteiger partial charge on any atom is 0.262 e. The van der Waals surface area contributed by atoms with Gasteiger partial charge in [-0.05, 0) is 39.7 Å². The van der Waals surface area contributed by atoms with E-state index in [4.69, 9.17) is 9.47 Å². The quantitative estimate of drug-likeness (QED) is 0.909. The standard InChI is InChI=1S/C20H26N2O3/c1-14(18(23)22-20(13-21)10-5-4-6-11-20)24-16-9-7-8-15-12-19(2,3)25-17(15)16/h7-9,14H,4-6,10-12H2,1-3H3,(H,22,23)/t14-/m0/s1. The number of hydrogen-bond donors (Lipinski definition) is 1. The highest BCUT2D eigenvalue weighted by molar-refractivity contribution is 5.82. The van der Waals surface area contributed by atoms with Gasteiger partial charge >= 0.3 is 0 Å². The monoisotopic (exact) mass is 342 g/mol. The summed E-state index contributed by atoms with van der Waals surface area (Å²) in [5, 5.41) is 12.4. The number of rotatable bonds is 4. The van der Waals surface area contributed by atoms with Crippen LogP contribution in [0.5, 0.6) is 11.5 Å². The second-order valence-corrected chi connectivity index (χ2v) is 7.79. The molecule has 1 aliphatic carbocycles. The Bertz CT molecular complexity index is 699. The Morgan fingerprint density at radius 2 is 2.04 bits per heavy atom. The third-order valence-corrected chi connectivity index (χ3v) is 5.01. The van der Waals surface area contributed by atoms with E-state index in [0.29, 0.717) is 18.6 Å². The number of nitriles is 1. The van der Waals surface area contributed by atoms with Crippen LogP contribution in [-0.4, -0.2) is 23.2 Å². The molecule has 0 radical (unpaired) electrons. The van der Waals surface area contributed by atoms with Gasteiger partial charge in [0.1, 0.15) is 11.1 Å². The fourth-order valence-corrected chi connectivity index (χ4v) is 3.68. The number of carbonyl (C=O) groups excluding carboxylic acids is 1. The van der Waals surface area contributed by atoms with E-state index in [0.717, 1.165) is 37.0 Å². The van der Waals surface area contributed by atoms with Gasteiger partial charge in [-0.1, -0.05) is 31.4 Å². The summed E-state index contributed by atoms with van der Waals surface area (Å²) in [5.41, 5.74) is 0.0838. The predicted octanol–water partition coefficient (Wildman–Crippen LogP) is 3.51. The lowest BCUT2D eigenvalue weighted by molar-refractivity contribution is -0.129. The van der Waals surface area contributed by atoms with Crippen molar-refractivity contribution in [3.63, 3.8) is 0 Å². The van der Waals surface area contributed by atoms with Crippen molar-refractivity contribution < 1.29 is 14.3 Å². The molecular formula is C20H26N2O3. The van der Waals surface area contributed by atoms with E-state index in [1.807, 2.05) is 32.0 Å². The third kappa shape index (κ3) is 3.73. The number of amides is 1. The van der Waals surface area contributed by atoms with Crippen molar-refractivity contribution in [2.75, 3.05) is 0 Å². The number of benzene rings is 1. The molecule has 0 bridgehead atoms. The summed E-state index contributed by atoms with van der Waals surface area (Å²) in [5.74, 6) is 1.05. The van der Waals surface area contributed by atoms with Crippen molar-refractivity contribution in [2.45, 2.75) is 76.5 Å². The minimum atomic E-state index is -0.746. The fourth-order valence-electron chi connectivity index (χ4n) is 3.68. The van der Waals surface area contributed by atoms with Crippen molar-refractivity contribution in [3.05, 3.63) is 23.8 Å². The van der Waals surface area contributed by atoms with Crippen molar-refractivity contribution in [1.82, 2.24) is 5.32 Å². The van der Waals surface area contributed by atoms with E-state index in [1.54, 1.807) is 6.92 Å². The molecule has 134 valence electrons. The van der Waals surface area contributed by atoms with Gasteiger partial charge in [0.25, 0.3) is 5.91 Å². The van der Waals surface area contributed by atoms with Crippen LogP contribution in [0.15, 0.2) is 18.2 Å². The molecule has 1 amide bonds. The largest absolute Gasteiger partial charge is 0.483 e. The van der Waals surface area contributed by atoms with Crippen LogP contribution < -0.4 is 14.8 Å². The van der Waals surface area contributed by atoms with E-state index in [9.17, 15) is 10.1 Å². The molecule has 1 saturated carbocycles. The van der Waals surface area contributed by atoms with E-state index >= 15 is 0 Å². The van der Waals surface area contributed by atoms with Gasteiger partial charge in [-0.3, -0.25) is 4.79 Å². The normalized spacial score (nSPS) is 21.4. The molecule has 0 saturated heterocycles. The van der Waals surface area contributed by atoms with Gasteiger partial charge < -0.3 is 14.8 Å². The van der Waals surface area contributed by atoms with Crippen LogP contribution in [0.1, 0.15) is 58.4 Å². The number of para-hydroxylation sites is 1. The minimum absolute atomic E-state index is 0.252. The van der Waals surface area contributed by atoms with Crippen LogP contribution >= 0.6 is 0 Å². The van der Waals surface area contributed by atoms with Gasteiger partial charge in [-0.15, -0.1) is 0 Å². The van der Waals surface area contributed by atoms with Crippen molar-refractivity contribution in [1.29, 1.82) is 5.26 Å². The zero-order valence-corrected chi connectivity index (χ0v) is 15.2. The lowest BCUT2D eigenvalue weighted by Crippen LogP contribution is -2.52. The molecule has 1 aromatic carbocycles. The topological polar surface area (TPSA) is 71.3 Å². The first-order valence-electron chi connectivity index (χ1n) is 9.05. The number of hydrogen-bond acceptors (Lipinski definition) is 4. The molecule has 5 heteroatoms. The van der Waals surface area contributed by atoms with Gasteiger partial charge in [0.15, 0.2) is 17.6 Å². The van der Waals surface area contributed by atoms with Gasteiger partial charge in [-0.25, -0.2) is 0 Å².